The average Bonchev–Trinajstić information content (AvgIpc) is 4.18. The number of carbonyl (C=O) groups is 4. The van der Waals surface area contributed by atoms with Crippen LogP contribution in [0.5, 0.6) is 0 Å². The predicted octanol–water partition coefficient (Wildman–Crippen LogP) is 11.4. The molecule has 0 aliphatic carbocycles. The van der Waals surface area contributed by atoms with E-state index in [2.05, 4.69) is 9.97 Å². The number of rotatable bonds is 16. The molecule has 1 radical (unpaired) electrons. The van der Waals surface area contributed by atoms with Gasteiger partial charge in [-0.15, -0.1) is 0 Å². The quantitative estimate of drug-likeness (QED) is 0.0505. The number of H-pyrrole nitrogens is 2. The largest absolute Gasteiger partial charge is 0.481 e. The first-order chi connectivity index (χ1) is 32.9. The van der Waals surface area contributed by atoms with Crippen LogP contribution in [0.15, 0.2) is 121 Å². The Balaban J connectivity index is 0.00000642. The van der Waals surface area contributed by atoms with E-state index in [0.717, 1.165) is 88.8 Å². The van der Waals surface area contributed by atoms with E-state index in [-0.39, 0.29) is 42.8 Å². The molecule has 4 aromatic carbocycles. The zero-order valence-electron chi connectivity index (χ0n) is 37.2. The van der Waals surface area contributed by atoms with E-state index < -0.39 is 23.9 Å². The second-order valence-corrected chi connectivity index (χ2v) is 16.9. The van der Waals surface area contributed by atoms with Crippen molar-refractivity contribution in [1.29, 1.82) is 0 Å². The maximum absolute atomic E-state index is 11.6. The van der Waals surface area contributed by atoms with Crippen molar-refractivity contribution in [2.24, 2.45) is 0 Å². The van der Waals surface area contributed by atoms with E-state index in [1.807, 2.05) is 146 Å². The molecule has 13 heteroatoms. The normalized spacial score (nSPS) is 11.6. The fraction of sp³-hybridized carbons (Fsp3) is 0.143. The molecule has 0 amide bonds. The Hall–Kier alpha value is -8.12. The van der Waals surface area contributed by atoms with Crippen molar-refractivity contribution < 1.29 is 56.7 Å². The third-order valence-corrected chi connectivity index (χ3v) is 12.1. The second kappa shape index (κ2) is 20.8. The van der Waals surface area contributed by atoms with Gasteiger partial charge in [0, 0.05) is 87.1 Å². The Kier molecular flexibility index (Phi) is 14.3. The van der Waals surface area contributed by atoms with Gasteiger partial charge >= 0.3 is 23.9 Å². The number of carboxylic acid groups (broad SMARTS) is 4. The molecule has 9 rings (SSSR count). The van der Waals surface area contributed by atoms with E-state index >= 15 is 0 Å². The van der Waals surface area contributed by atoms with Crippen molar-refractivity contribution in [3.63, 3.8) is 0 Å². The summed E-state index contributed by atoms with van der Waals surface area (Å²) in [6.45, 7) is 0. The first-order valence-electron chi connectivity index (χ1n) is 22.4. The van der Waals surface area contributed by atoms with Crippen LogP contribution in [-0.4, -0.2) is 64.2 Å². The van der Waals surface area contributed by atoms with Crippen LogP contribution in [0.25, 0.3) is 90.9 Å². The molecule has 2 aliphatic heterocycles. The number of aryl methyl sites for hydroxylation is 4. The SMILES string of the molecule is O=C(O)CCc1cccc(-c2c3nc(c(-c4cccc(CCC(=O)O)c4)c4ccc([nH]4)c(-c4cccc(CCC(=O)O)c4)c4nc(c(-c5cccc(CCC(=O)O)c5)c5ccc2[nH]5)C=C4)C=C3)c1.[Mn]. The summed E-state index contributed by atoms with van der Waals surface area (Å²) < 4.78 is 0. The molecule has 69 heavy (non-hydrogen) atoms. The van der Waals surface area contributed by atoms with E-state index in [1.54, 1.807) is 0 Å². The molecule has 0 fully saturated rings. The number of aromatic amines is 2. The number of aliphatic carboxylic acids is 4. The van der Waals surface area contributed by atoms with Crippen LogP contribution in [-0.2, 0) is 61.9 Å². The van der Waals surface area contributed by atoms with Gasteiger partial charge < -0.3 is 30.4 Å². The second-order valence-electron chi connectivity index (χ2n) is 16.9. The number of nitrogens with one attached hydrogen (secondary N) is 2. The zero-order chi connectivity index (χ0) is 47.3. The minimum atomic E-state index is -0.889. The van der Waals surface area contributed by atoms with Gasteiger partial charge in [-0.2, -0.15) is 0 Å². The number of benzene rings is 4. The van der Waals surface area contributed by atoms with Crippen molar-refractivity contribution in [3.8, 4) is 44.5 Å². The standard InChI is InChI=1S/C56H46N4O8.Mn/c61-49(62)25-13-33-5-1-9-37(29-33)53-41-17-19-43(57-41)54(38-10-2-6-34(30-38)14-26-50(63)64)45-21-23-47(59-45)56(40-12-4-8-36(32-40)16-28-52(67)68)48-24-22-46(60-48)55(44-20-18-42(53)58-44)39-11-3-7-35(31-39)15-27-51(65)66;/h1-12,17-24,29-32,57,60H,13-16,25-28H2,(H,61,62)(H,63,64)(H,65,66)(H,67,68);. The molecule has 6 N–H and O–H groups in total. The number of hydrogen-bond donors (Lipinski definition) is 6. The molecule has 5 heterocycles. The topological polar surface area (TPSA) is 207 Å². The molecule has 345 valence electrons. The summed E-state index contributed by atoms with van der Waals surface area (Å²) >= 11 is 0. The van der Waals surface area contributed by atoms with Crippen LogP contribution in [0.3, 0.4) is 0 Å². The van der Waals surface area contributed by atoms with Crippen molar-refractivity contribution in [2.75, 3.05) is 0 Å². The van der Waals surface area contributed by atoms with Gasteiger partial charge in [-0.3, -0.25) is 19.2 Å². The number of aromatic nitrogens is 4. The van der Waals surface area contributed by atoms with Crippen molar-refractivity contribution >= 4 is 70.2 Å². The van der Waals surface area contributed by atoms with Gasteiger partial charge in [-0.1, -0.05) is 97.1 Å². The van der Waals surface area contributed by atoms with Gasteiger partial charge in [0.25, 0.3) is 0 Å². The summed E-state index contributed by atoms with van der Waals surface area (Å²) in [5.74, 6) is -3.56. The Morgan fingerprint density at radius 2 is 0.594 bits per heavy atom. The van der Waals surface area contributed by atoms with E-state index in [4.69, 9.17) is 9.97 Å². The number of hydrogen-bond acceptors (Lipinski definition) is 6. The first-order valence-corrected chi connectivity index (χ1v) is 22.4. The van der Waals surface area contributed by atoms with Gasteiger partial charge in [0.05, 0.1) is 22.8 Å². The van der Waals surface area contributed by atoms with Gasteiger partial charge in [0.1, 0.15) is 0 Å². The molecule has 3 aromatic heterocycles. The van der Waals surface area contributed by atoms with E-state index in [1.165, 1.54) is 0 Å². The third kappa shape index (κ3) is 10.9. The van der Waals surface area contributed by atoms with Crippen molar-refractivity contribution in [3.05, 3.63) is 166 Å². The van der Waals surface area contributed by atoms with Gasteiger partial charge in [0.2, 0.25) is 0 Å². The van der Waals surface area contributed by atoms with Gasteiger partial charge in [-0.05, 0) is 119 Å². The summed E-state index contributed by atoms with van der Waals surface area (Å²) in [5.41, 5.74) is 15.4. The molecule has 0 saturated carbocycles. The Morgan fingerprint density at radius 3 is 0.812 bits per heavy atom. The Morgan fingerprint density at radius 1 is 0.362 bits per heavy atom. The Bertz CT molecular complexity index is 2970. The smallest absolute Gasteiger partial charge is 0.303 e. The van der Waals surface area contributed by atoms with Crippen LogP contribution in [0.1, 0.15) is 70.7 Å². The van der Waals surface area contributed by atoms with Crippen LogP contribution >= 0.6 is 0 Å². The Labute approximate surface area is 407 Å². The summed E-state index contributed by atoms with van der Waals surface area (Å²) in [6, 6.07) is 39.2. The van der Waals surface area contributed by atoms with Crippen LogP contribution in [0, 0.1) is 0 Å². The fourth-order valence-electron chi connectivity index (χ4n) is 8.95. The fourth-order valence-corrected chi connectivity index (χ4v) is 8.95. The third-order valence-electron chi connectivity index (χ3n) is 12.1. The minimum Gasteiger partial charge on any atom is -0.481 e. The van der Waals surface area contributed by atoms with Crippen LogP contribution < -0.4 is 0 Å². The van der Waals surface area contributed by atoms with Crippen molar-refractivity contribution in [2.45, 2.75) is 51.4 Å². The van der Waals surface area contributed by atoms with Crippen molar-refractivity contribution in [1.82, 2.24) is 19.9 Å². The summed E-state index contributed by atoms with van der Waals surface area (Å²) in [6.07, 6.45) is 9.10. The maximum atomic E-state index is 11.6. The predicted molar refractivity (Wildman–Crippen MR) is 264 cm³/mol. The number of nitrogens with zero attached hydrogens (tertiary/aromatic N) is 2. The molecule has 8 bridgehead atoms. The molecule has 7 aromatic rings. The van der Waals surface area contributed by atoms with Crippen LogP contribution in [0.2, 0.25) is 0 Å². The minimum absolute atomic E-state index is 0. The molecular weight excluding hydrogens is 912 g/mol. The molecule has 0 spiro atoms. The maximum Gasteiger partial charge on any atom is 0.303 e. The molecule has 2 aliphatic rings. The van der Waals surface area contributed by atoms with Crippen LogP contribution in [0.4, 0.5) is 0 Å². The van der Waals surface area contributed by atoms with E-state index in [0.29, 0.717) is 48.5 Å². The summed E-state index contributed by atoms with van der Waals surface area (Å²) in [4.78, 5) is 64.7. The molecule has 0 saturated heterocycles. The summed E-state index contributed by atoms with van der Waals surface area (Å²) in [5, 5.41) is 38.2. The summed E-state index contributed by atoms with van der Waals surface area (Å²) in [7, 11) is 0. The molecule has 12 nitrogen and oxygen atoms in total. The van der Waals surface area contributed by atoms with Gasteiger partial charge in [0.15, 0.2) is 0 Å². The molecule has 0 unspecified atom stereocenters. The van der Waals surface area contributed by atoms with Gasteiger partial charge in [-0.25, -0.2) is 9.97 Å². The molecular formula is C56H46MnN4O8. The average molecular weight is 958 g/mol. The number of fused-ring (bicyclic) bond motifs is 8. The zero-order valence-corrected chi connectivity index (χ0v) is 38.4. The number of carboxylic acids is 4. The monoisotopic (exact) mass is 957 g/mol. The van der Waals surface area contributed by atoms with E-state index in [9.17, 15) is 39.6 Å². The molecule has 0 atom stereocenters. The first kappa shape index (κ1) is 47.4.